The second-order valence-corrected chi connectivity index (χ2v) is 5.81. The number of hydrogen-bond donors (Lipinski definition) is 1. The number of rotatable bonds is 4. The van der Waals surface area contributed by atoms with Gasteiger partial charge < -0.3 is 9.88 Å². The summed E-state index contributed by atoms with van der Waals surface area (Å²) in [5.74, 6) is -0.105. The van der Waals surface area contributed by atoms with Gasteiger partial charge in [0.15, 0.2) is 0 Å². The van der Waals surface area contributed by atoms with Crippen LogP contribution >= 0.6 is 0 Å². The quantitative estimate of drug-likeness (QED) is 0.882. The monoisotopic (exact) mass is 308 g/mol. The molecule has 0 unspecified atom stereocenters. The van der Waals surface area contributed by atoms with Gasteiger partial charge >= 0.3 is 0 Å². The number of hydrogen-bond acceptors (Lipinski definition) is 2. The molecule has 1 heterocycles. The van der Waals surface area contributed by atoms with Gasteiger partial charge in [-0.2, -0.15) is 0 Å². The molecule has 1 amide bonds. The minimum absolute atomic E-state index is 0.0396. The predicted octanol–water partition coefficient (Wildman–Crippen LogP) is 3.19. The summed E-state index contributed by atoms with van der Waals surface area (Å²) in [6, 6.07) is 13.3. The highest BCUT2D eigenvalue weighted by Crippen LogP contribution is 2.19. The van der Waals surface area contributed by atoms with E-state index in [0.29, 0.717) is 12.2 Å². The molecular formula is C19H20N2O2. The molecule has 4 heteroatoms. The fourth-order valence-corrected chi connectivity index (χ4v) is 2.80. The van der Waals surface area contributed by atoms with Crippen molar-refractivity contribution in [2.45, 2.75) is 25.8 Å². The zero-order chi connectivity index (χ0) is 16.1. The maximum absolute atomic E-state index is 12.5. The summed E-state index contributed by atoms with van der Waals surface area (Å²) in [7, 11) is 0. The number of anilines is 1. The molecule has 0 radical (unpaired) electrons. The third-order valence-electron chi connectivity index (χ3n) is 4.11. The molecule has 0 spiro atoms. The van der Waals surface area contributed by atoms with Crippen LogP contribution in [0.1, 0.15) is 24.8 Å². The maximum Gasteiger partial charge on any atom is 0.274 e. The Morgan fingerprint density at radius 3 is 2.70 bits per heavy atom. The fraction of sp³-hybridized carbons (Fsp3) is 0.263. The largest absolute Gasteiger partial charge is 0.321 e. The maximum atomic E-state index is 12.5. The Labute approximate surface area is 135 Å². The van der Waals surface area contributed by atoms with Gasteiger partial charge in [0.05, 0.1) is 6.54 Å². The van der Waals surface area contributed by atoms with Gasteiger partial charge in [0.1, 0.15) is 5.69 Å². The predicted molar refractivity (Wildman–Crippen MR) is 91.4 cm³/mol. The molecule has 1 aromatic carbocycles. The molecule has 0 aliphatic heterocycles. The molecule has 2 aromatic rings. The lowest BCUT2D eigenvalue weighted by Crippen LogP contribution is -2.29. The van der Waals surface area contributed by atoms with Crippen LogP contribution in [-0.4, -0.2) is 10.5 Å². The molecule has 4 nitrogen and oxygen atoms in total. The van der Waals surface area contributed by atoms with E-state index in [4.69, 9.17) is 0 Å². The van der Waals surface area contributed by atoms with Crippen LogP contribution in [0.25, 0.3) is 0 Å². The normalized spacial score (nSPS) is 17.0. The highest BCUT2D eigenvalue weighted by atomic mass is 16.2. The molecule has 0 fully saturated rings. The molecule has 1 aliphatic rings. The number of aromatic nitrogens is 1. The van der Waals surface area contributed by atoms with Crippen LogP contribution < -0.4 is 10.9 Å². The lowest BCUT2D eigenvalue weighted by molar-refractivity contribution is -0.120. The van der Waals surface area contributed by atoms with Gasteiger partial charge in [0.2, 0.25) is 5.91 Å². The van der Waals surface area contributed by atoms with Gasteiger partial charge in [-0.3, -0.25) is 9.59 Å². The summed E-state index contributed by atoms with van der Waals surface area (Å²) >= 11 is 0. The highest BCUT2D eigenvalue weighted by molar-refractivity contribution is 5.92. The first-order valence-electron chi connectivity index (χ1n) is 7.93. The van der Waals surface area contributed by atoms with Crippen molar-refractivity contribution in [3.63, 3.8) is 0 Å². The molecule has 118 valence electrons. The van der Waals surface area contributed by atoms with E-state index in [1.807, 2.05) is 36.4 Å². The van der Waals surface area contributed by atoms with E-state index in [1.54, 1.807) is 22.9 Å². The first-order valence-corrected chi connectivity index (χ1v) is 7.93. The Hall–Kier alpha value is -2.62. The van der Waals surface area contributed by atoms with Crippen molar-refractivity contribution in [3.05, 3.63) is 76.7 Å². The average molecular weight is 308 g/mol. The molecule has 1 aliphatic carbocycles. The molecule has 0 saturated carbocycles. The Morgan fingerprint density at radius 1 is 1.13 bits per heavy atom. The SMILES string of the molecule is O=C(Nc1cccn(Cc2ccccc2)c1=O)[C@H]1CC=CCC1. The smallest absolute Gasteiger partial charge is 0.274 e. The van der Waals surface area contributed by atoms with Gasteiger partial charge in [-0.1, -0.05) is 42.5 Å². The van der Waals surface area contributed by atoms with E-state index in [1.165, 1.54) is 0 Å². The van der Waals surface area contributed by atoms with Crippen LogP contribution in [0.5, 0.6) is 0 Å². The number of nitrogens with one attached hydrogen (secondary N) is 1. The van der Waals surface area contributed by atoms with E-state index < -0.39 is 0 Å². The van der Waals surface area contributed by atoms with Crippen LogP contribution in [0.4, 0.5) is 5.69 Å². The van der Waals surface area contributed by atoms with Crippen LogP contribution in [0.2, 0.25) is 0 Å². The van der Waals surface area contributed by atoms with Crippen molar-refractivity contribution in [2.24, 2.45) is 5.92 Å². The van der Waals surface area contributed by atoms with E-state index in [0.717, 1.165) is 24.8 Å². The topological polar surface area (TPSA) is 51.1 Å². The van der Waals surface area contributed by atoms with Crippen LogP contribution in [-0.2, 0) is 11.3 Å². The van der Waals surface area contributed by atoms with E-state index in [-0.39, 0.29) is 17.4 Å². The number of carbonyl (C=O) groups excluding carboxylic acids is 1. The van der Waals surface area contributed by atoms with Crippen LogP contribution in [0, 0.1) is 5.92 Å². The Kier molecular flexibility index (Phi) is 4.71. The summed E-state index contributed by atoms with van der Waals surface area (Å²) in [5, 5.41) is 2.80. The third kappa shape index (κ3) is 3.77. The standard InChI is InChI=1S/C19H20N2O2/c22-18(16-10-5-2-6-11-16)20-17-12-7-13-21(19(17)23)14-15-8-3-1-4-9-15/h1-5,7-9,12-13,16H,6,10-11,14H2,(H,20,22)/t16-/m0/s1. The van der Waals surface area contributed by atoms with Gasteiger partial charge in [-0.25, -0.2) is 0 Å². The summed E-state index contributed by atoms with van der Waals surface area (Å²) in [6.45, 7) is 0.496. The van der Waals surface area contributed by atoms with Gasteiger partial charge in [-0.05, 0) is 37.0 Å². The van der Waals surface area contributed by atoms with Crippen molar-refractivity contribution >= 4 is 11.6 Å². The molecule has 3 rings (SSSR count). The van der Waals surface area contributed by atoms with Crippen molar-refractivity contribution in [1.82, 2.24) is 4.57 Å². The minimum Gasteiger partial charge on any atom is -0.321 e. The Bertz CT molecular complexity index is 762. The van der Waals surface area contributed by atoms with Crippen LogP contribution in [0.15, 0.2) is 65.6 Å². The highest BCUT2D eigenvalue weighted by Gasteiger charge is 2.19. The molecular weight excluding hydrogens is 288 g/mol. The molecule has 1 atom stereocenters. The molecule has 1 N–H and O–H groups in total. The molecule has 1 aromatic heterocycles. The zero-order valence-electron chi connectivity index (χ0n) is 12.9. The van der Waals surface area contributed by atoms with Crippen molar-refractivity contribution < 1.29 is 4.79 Å². The lowest BCUT2D eigenvalue weighted by atomic mass is 9.93. The van der Waals surface area contributed by atoms with Gasteiger partial charge in [-0.15, -0.1) is 0 Å². The van der Waals surface area contributed by atoms with Crippen molar-refractivity contribution in [3.8, 4) is 0 Å². The van der Waals surface area contributed by atoms with Gasteiger partial charge in [0.25, 0.3) is 5.56 Å². The Balaban J connectivity index is 1.75. The van der Waals surface area contributed by atoms with E-state index >= 15 is 0 Å². The molecule has 0 bridgehead atoms. The Morgan fingerprint density at radius 2 is 1.96 bits per heavy atom. The number of nitrogens with zero attached hydrogens (tertiary/aromatic N) is 1. The summed E-state index contributed by atoms with van der Waals surface area (Å²) < 4.78 is 1.62. The lowest BCUT2D eigenvalue weighted by Gasteiger charge is -2.17. The number of amides is 1. The first-order chi connectivity index (χ1) is 11.2. The van der Waals surface area contributed by atoms with Gasteiger partial charge in [0, 0.05) is 12.1 Å². The second-order valence-electron chi connectivity index (χ2n) is 5.81. The zero-order valence-corrected chi connectivity index (χ0v) is 12.9. The van der Waals surface area contributed by atoms with Crippen molar-refractivity contribution in [1.29, 1.82) is 0 Å². The second kappa shape index (κ2) is 7.09. The van der Waals surface area contributed by atoms with E-state index in [9.17, 15) is 9.59 Å². The first kappa shape index (κ1) is 15.3. The number of carbonyl (C=O) groups is 1. The minimum atomic E-state index is -0.170. The van der Waals surface area contributed by atoms with Crippen molar-refractivity contribution in [2.75, 3.05) is 5.32 Å². The summed E-state index contributed by atoms with van der Waals surface area (Å²) in [4.78, 5) is 24.8. The number of allylic oxidation sites excluding steroid dienone is 2. The number of pyridine rings is 1. The average Bonchev–Trinajstić information content (AvgIpc) is 2.60. The number of benzene rings is 1. The molecule has 23 heavy (non-hydrogen) atoms. The van der Waals surface area contributed by atoms with Crippen LogP contribution in [0.3, 0.4) is 0 Å². The summed E-state index contributed by atoms with van der Waals surface area (Å²) in [5.41, 5.74) is 1.23. The fourth-order valence-electron chi connectivity index (χ4n) is 2.80. The third-order valence-corrected chi connectivity index (χ3v) is 4.11. The van der Waals surface area contributed by atoms with E-state index in [2.05, 4.69) is 11.4 Å². The summed E-state index contributed by atoms with van der Waals surface area (Å²) in [6.07, 6.45) is 8.38. The molecule has 0 saturated heterocycles.